The van der Waals surface area contributed by atoms with Gasteiger partial charge in [-0.25, -0.2) is 4.98 Å². The molecule has 1 N–H and O–H groups in total. The smallest absolute Gasteiger partial charge is 0.287 e. The maximum atomic E-state index is 5.37. The summed E-state index contributed by atoms with van der Waals surface area (Å²) in [4.78, 5) is 15.3. The number of rotatable bonds is 5. The molecule has 0 amide bonds. The average Bonchev–Trinajstić information content (AvgIpc) is 3.12. The van der Waals surface area contributed by atoms with E-state index in [4.69, 9.17) is 14.6 Å². The Morgan fingerprint density at radius 1 is 1.03 bits per heavy atom. The van der Waals surface area contributed by atoms with E-state index < -0.39 is 0 Å². The summed E-state index contributed by atoms with van der Waals surface area (Å²) in [6, 6.07) is 9.48. The van der Waals surface area contributed by atoms with Crippen LogP contribution in [0.1, 0.15) is 0 Å². The van der Waals surface area contributed by atoms with E-state index in [0.29, 0.717) is 23.3 Å². The number of nitrogens with one attached hydrogen (secondary N) is 1. The third-order valence-corrected chi connectivity index (χ3v) is 4.60. The number of anilines is 2. The Kier molecular flexibility index (Phi) is 4.73. The molecule has 4 rings (SSSR count). The van der Waals surface area contributed by atoms with Gasteiger partial charge in [-0.05, 0) is 23.3 Å². The molecule has 9 heteroatoms. The lowest BCUT2D eigenvalue weighted by molar-refractivity contribution is 0.355. The highest BCUT2D eigenvalue weighted by Gasteiger charge is 2.43. The van der Waals surface area contributed by atoms with Gasteiger partial charge in [0.1, 0.15) is 12.0 Å². The number of quaternary nitrogens is 1. The molecule has 1 atom stereocenters. The van der Waals surface area contributed by atoms with Crippen molar-refractivity contribution in [2.24, 2.45) is 15.1 Å². The number of aliphatic imine (C=N–C) groups is 2. The first-order valence-electron chi connectivity index (χ1n) is 8.98. The standard InChI is InChI=1S/C20H22N7O2/c1-26(2)18-8-6-15(12-22-18)27-10-9-21-13-19(27)24-20(25-27)23-14-5-7-16(28-3)17(11-14)29-4/h5-13H,1-4H3,(H,23,25)/q+1. The predicted molar refractivity (Wildman–Crippen MR) is 116 cm³/mol. The number of hydrogen-bond donors (Lipinski definition) is 1. The summed E-state index contributed by atoms with van der Waals surface area (Å²) >= 11 is 0. The average molecular weight is 392 g/mol. The van der Waals surface area contributed by atoms with Crippen molar-refractivity contribution in [1.29, 1.82) is 0 Å². The maximum absolute atomic E-state index is 5.37. The monoisotopic (exact) mass is 392 g/mol. The third kappa shape index (κ3) is 3.32. The van der Waals surface area contributed by atoms with Gasteiger partial charge in [0, 0.05) is 31.9 Å². The van der Waals surface area contributed by atoms with Gasteiger partial charge in [-0.2, -0.15) is 4.99 Å². The van der Waals surface area contributed by atoms with Crippen LogP contribution in [0.3, 0.4) is 0 Å². The quantitative estimate of drug-likeness (QED) is 0.791. The molecule has 2 aromatic rings. The molecule has 0 fully saturated rings. The fourth-order valence-electron chi connectivity index (χ4n) is 3.10. The largest absolute Gasteiger partial charge is 0.493 e. The molecule has 0 bridgehead atoms. The highest BCUT2D eigenvalue weighted by molar-refractivity contribution is 6.38. The third-order valence-electron chi connectivity index (χ3n) is 4.60. The molecule has 1 unspecified atom stereocenters. The summed E-state index contributed by atoms with van der Waals surface area (Å²) in [5.41, 5.74) is 1.65. The zero-order chi connectivity index (χ0) is 20.4. The predicted octanol–water partition coefficient (Wildman–Crippen LogP) is 2.82. The molecule has 1 aromatic heterocycles. The summed E-state index contributed by atoms with van der Waals surface area (Å²) in [6.07, 6.45) is 7.08. The highest BCUT2D eigenvalue weighted by atomic mass is 16.5. The Labute approximate surface area is 168 Å². The fraction of sp³-hybridized carbons (Fsp3) is 0.200. The second-order valence-electron chi connectivity index (χ2n) is 6.62. The molecule has 148 valence electrons. The second kappa shape index (κ2) is 7.36. The molecule has 2 aliphatic rings. The number of guanidine groups is 1. The lowest BCUT2D eigenvalue weighted by Crippen LogP contribution is -2.44. The molecule has 3 heterocycles. The van der Waals surface area contributed by atoms with Gasteiger partial charge in [-0.15, -0.1) is 0 Å². The molecule has 9 nitrogen and oxygen atoms in total. The normalized spacial score (nSPS) is 19.3. The molecule has 0 spiro atoms. The van der Waals surface area contributed by atoms with Crippen LogP contribution in [0.2, 0.25) is 0 Å². The summed E-state index contributed by atoms with van der Waals surface area (Å²) in [7, 11) is 7.11. The minimum absolute atomic E-state index is 0.0693. The molecule has 1 aromatic carbocycles. The van der Waals surface area contributed by atoms with Crippen LogP contribution in [0, 0.1) is 0 Å². The van der Waals surface area contributed by atoms with Gasteiger partial charge in [0.15, 0.2) is 23.4 Å². The van der Waals surface area contributed by atoms with Crippen molar-refractivity contribution >= 4 is 35.2 Å². The SMILES string of the molecule is COc1ccc(NC2=N[N+]3(c4ccc(N(C)C)nc4)C=CN=CC3=N2)cc1OC. The van der Waals surface area contributed by atoms with Crippen LogP contribution in [0.4, 0.5) is 17.2 Å². The maximum Gasteiger partial charge on any atom is 0.287 e. The number of methoxy groups -OCH3 is 2. The highest BCUT2D eigenvalue weighted by Crippen LogP contribution is 2.33. The van der Waals surface area contributed by atoms with Gasteiger partial charge >= 0.3 is 0 Å². The molecule has 0 saturated carbocycles. The van der Waals surface area contributed by atoms with Crippen LogP contribution in [0.5, 0.6) is 11.5 Å². The Bertz CT molecular complexity index is 1040. The number of fused-ring (bicyclic) bond motifs is 1. The lowest BCUT2D eigenvalue weighted by atomic mass is 10.3. The van der Waals surface area contributed by atoms with Crippen LogP contribution < -0.4 is 24.3 Å². The van der Waals surface area contributed by atoms with Gasteiger partial charge in [0.2, 0.25) is 0 Å². The Balaban J connectivity index is 1.68. The van der Waals surface area contributed by atoms with Crippen LogP contribution in [0.15, 0.2) is 64.0 Å². The first-order valence-corrected chi connectivity index (χ1v) is 8.98. The fourth-order valence-corrected chi connectivity index (χ4v) is 3.10. The zero-order valence-electron chi connectivity index (χ0n) is 16.7. The van der Waals surface area contributed by atoms with Crippen molar-refractivity contribution in [2.45, 2.75) is 0 Å². The van der Waals surface area contributed by atoms with Crippen LogP contribution in [0.25, 0.3) is 0 Å². The molecule has 0 saturated heterocycles. The first kappa shape index (κ1) is 18.6. The number of benzene rings is 1. The molecule has 2 aliphatic heterocycles. The molecular weight excluding hydrogens is 370 g/mol. The van der Waals surface area contributed by atoms with E-state index in [-0.39, 0.29) is 4.59 Å². The summed E-state index contributed by atoms with van der Waals surface area (Å²) in [5.74, 6) is 3.28. The van der Waals surface area contributed by atoms with E-state index >= 15 is 0 Å². The van der Waals surface area contributed by atoms with Gasteiger partial charge in [0.25, 0.3) is 11.8 Å². The lowest BCUT2D eigenvalue weighted by Gasteiger charge is -2.23. The van der Waals surface area contributed by atoms with Gasteiger partial charge in [-0.3, -0.25) is 4.99 Å². The first-order chi connectivity index (χ1) is 14.1. The van der Waals surface area contributed by atoms with Crippen LogP contribution >= 0.6 is 0 Å². The van der Waals surface area contributed by atoms with Crippen molar-refractivity contribution in [3.8, 4) is 11.5 Å². The number of amidine groups is 1. The van der Waals surface area contributed by atoms with Crippen molar-refractivity contribution in [3.05, 3.63) is 48.9 Å². The molecule has 29 heavy (non-hydrogen) atoms. The van der Waals surface area contributed by atoms with E-state index in [1.165, 1.54) is 0 Å². The summed E-state index contributed by atoms with van der Waals surface area (Å²) in [6.45, 7) is 0. The van der Waals surface area contributed by atoms with Gasteiger partial charge in [-0.1, -0.05) is 4.59 Å². The van der Waals surface area contributed by atoms with E-state index in [1.807, 2.05) is 55.5 Å². The summed E-state index contributed by atoms with van der Waals surface area (Å²) in [5, 5.41) is 8.05. The Morgan fingerprint density at radius 2 is 1.86 bits per heavy atom. The Morgan fingerprint density at radius 3 is 2.55 bits per heavy atom. The zero-order valence-corrected chi connectivity index (χ0v) is 16.7. The number of nitrogens with zero attached hydrogens (tertiary/aromatic N) is 6. The molecule has 0 aliphatic carbocycles. The van der Waals surface area contributed by atoms with E-state index in [2.05, 4.69) is 20.3 Å². The van der Waals surface area contributed by atoms with Crippen LogP contribution in [-0.4, -0.2) is 51.3 Å². The van der Waals surface area contributed by atoms with E-state index in [0.717, 1.165) is 17.2 Å². The van der Waals surface area contributed by atoms with Crippen molar-refractivity contribution in [1.82, 2.24) is 9.58 Å². The molecular formula is C20H22N7O2+. The Hall–Kier alpha value is -3.72. The summed E-state index contributed by atoms with van der Waals surface area (Å²) < 4.78 is 10.7. The minimum atomic E-state index is 0.0693. The number of pyridine rings is 1. The number of hydrogen-bond acceptors (Lipinski definition) is 8. The number of ether oxygens (including phenoxy) is 2. The van der Waals surface area contributed by atoms with Crippen molar-refractivity contribution in [3.63, 3.8) is 0 Å². The van der Waals surface area contributed by atoms with Crippen LogP contribution in [-0.2, 0) is 0 Å². The van der Waals surface area contributed by atoms with Crippen molar-refractivity contribution in [2.75, 3.05) is 38.5 Å². The van der Waals surface area contributed by atoms with Gasteiger partial charge in [0.05, 0.1) is 26.6 Å². The van der Waals surface area contributed by atoms with Crippen molar-refractivity contribution < 1.29 is 9.47 Å². The van der Waals surface area contributed by atoms with E-state index in [9.17, 15) is 0 Å². The van der Waals surface area contributed by atoms with Gasteiger partial charge < -0.3 is 19.7 Å². The molecule has 0 radical (unpaired) electrons. The topological polar surface area (TPSA) is 83.7 Å². The minimum Gasteiger partial charge on any atom is -0.493 e. The van der Waals surface area contributed by atoms with E-state index in [1.54, 1.807) is 32.8 Å². The number of aromatic nitrogens is 1. The second-order valence-corrected chi connectivity index (χ2v) is 6.62.